The molecule has 5 heteroatoms. The lowest BCUT2D eigenvalue weighted by Gasteiger charge is -2.38. The first-order chi connectivity index (χ1) is 10.4. The zero-order chi connectivity index (χ0) is 16.2. The molecule has 0 radical (unpaired) electrons. The second-order valence-corrected chi connectivity index (χ2v) is 7.86. The number of carbonyl (C=O) groups excluding carboxylic acids is 1. The standard InChI is InChI=1S/C17H32N2O3/c1-17(2,3)22-16(21)19-8-4-5-15(12-19)11-18-9-6-14(13-20)7-10-18/h14-15,20H,4-13H2,1-3H3. The molecule has 1 N–H and O–H groups in total. The first-order valence-electron chi connectivity index (χ1n) is 8.68. The number of nitrogens with zero attached hydrogens (tertiary/aromatic N) is 2. The summed E-state index contributed by atoms with van der Waals surface area (Å²) in [5, 5.41) is 9.21. The molecule has 0 aromatic heterocycles. The van der Waals surface area contributed by atoms with Crippen LogP contribution in [0.4, 0.5) is 4.79 Å². The van der Waals surface area contributed by atoms with Gasteiger partial charge in [-0.1, -0.05) is 0 Å². The smallest absolute Gasteiger partial charge is 0.410 e. The van der Waals surface area contributed by atoms with Crippen molar-refractivity contribution in [3.05, 3.63) is 0 Å². The van der Waals surface area contributed by atoms with Crippen molar-refractivity contribution in [1.29, 1.82) is 0 Å². The predicted molar refractivity (Wildman–Crippen MR) is 86.8 cm³/mol. The number of amides is 1. The molecular formula is C17H32N2O3. The van der Waals surface area contributed by atoms with E-state index in [1.807, 2.05) is 25.7 Å². The Morgan fingerprint density at radius 3 is 2.41 bits per heavy atom. The van der Waals surface area contributed by atoms with Crippen LogP contribution in [0.5, 0.6) is 0 Å². The van der Waals surface area contributed by atoms with Crippen molar-refractivity contribution in [2.24, 2.45) is 11.8 Å². The fourth-order valence-electron chi connectivity index (χ4n) is 3.42. The molecule has 0 aromatic rings. The van der Waals surface area contributed by atoms with Gasteiger partial charge in [0.05, 0.1) is 0 Å². The highest BCUT2D eigenvalue weighted by Crippen LogP contribution is 2.23. The summed E-state index contributed by atoms with van der Waals surface area (Å²) in [4.78, 5) is 16.6. The Bertz CT molecular complexity index is 359. The van der Waals surface area contributed by atoms with Crippen LogP contribution >= 0.6 is 0 Å². The number of aliphatic hydroxyl groups is 1. The van der Waals surface area contributed by atoms with Crippen LogP contribution in [0, 0.1) is 11.8 Å². The van der Waals surface area contributed by atoms with E-state index >= 15 is 0 Å². The highest BCUT2D eigenvalue weighted by atomic mass is 16.6. The van der Waals surface area contributed by atoms with Gasteiger partial charge >= 0.3 is 6.09 Å². The van der Waals surface area contributed by atoms with Gasteiger partial charge in [0.1, 0.15) is 5.60 Å². The molecule has 128 valence electrons. The molecule has 1 atom stereocenters. The lowest BCUT2D eigenvalue weighted by atomic mass is 9.94. The molecule has 2 fully saturated rings. The number of hydrogen-bond donors (Lipinski definition) is 1. The molecule has 0 spiro atoms. The average molecular weight is 312 g/mol. The number of piperidine rings is 2. The summed E-state index contributed by atoms with van der Waals surface area (Å²) in [5.74, 6) is 1.04. The third-order valence-corrected chi connectivity index (χ3v) is 4.65. The lowest BCUT2D eigenvalue weighted by molar-refractivity contribution is 0.0132. The number of hydrogen-bond acceptors (Lipinski definition) is 4. The minimum absolute atomic E-state index is 0.170. The Kier molecular flexibility index (Phi) is 6.09. The minimum atomic E-state index is -0.420. The highest BCUT2D eigenvalue weighted by Gasteiger charge is 2.29. The molecule has 1 amide bonds. The van der Waals surface area contributed by atoms with E-state index in [1.54, 1.807) is 0 Å². The molecule has 0 aromatic carbocycles. The van der Waals surface area contributed by atoms with Crippen LogP contribution in [-0.2, 0) is 4.74 Å². The number of aliphatic hydroxyl groups excluding tert-OH is 1. The average Bonchev–Trinajstić information content (AvgIpc) is 2.46. The van der Waals surface area contributed by atoms with Gasteiger partial charge in [0, 0.05) is 26.2 Å². The number of carbonyl (C=O) groups is 1. The SMILES string of the molecule is CC(C)(C)OC(=O)N1CCCC(CN2CCC(CO)CC2)C1. The van der Waals surface area contributed by atoms with Crippen LogP contribution in [0.1, 0.15) is 46.5 Å². The van der Waals surface area contributed by atoms with Gasteiger partial charge in [-0.25, -0.2) is 4.79 Å². The van der Waals surface area contributed by atoms with Crippen molar-refractivity contribution < 1.29 is 14.6 Å². The quantitative estimate of drug-likeness (QED) is 0.869. The normalized spacial score (nSPS) is 25.3. The third-order valence-electron chi connectivity index (χ3n) is 4.65. The first kappa shape index (κ1) is 17.5. The third kappa shape index (κ3) is 5.43. The summed E-state index contributed by atoms with van der Waals surface area (Å²) in [7, 11) is 0. The summed E-state index contributed by atoms with van der Waals surface area (Å²) in [6.07, 6.45) is 4.28. The molecule has 2 rings (SSSR count). The molecule has 1 unspecified atom stereocenters. The molecule has 22 heavy (non-hydrogen) atoms. The van der Waals surface area contributed by atoms with Crippen molar-refractivity contribution in [3.63, 3.8) is 0 Å². The minimum Gasteiger partial charge on any atom is -0.444 e. The van der Waals surface area contributed by atoms with Gasteiger partial charge < -0.3 is 19.6 Å². The molecule has 0 bridgehead atoms. The van der Waals surface area contributed by atoms with E-state index in [2.05, 4.69) is 4.90 Å². The van der Waals surface area contributed by atoms with Crippen LogP contribution < -0.4 is 0 Å². The van der Waals surface area contributed by atoms with E-state index in [-0.39, 0.29) is 6.09 Å². The van der Waals surface area contributed by atoms with Gasteiger partial charge in [-0.2, -0.15) is 0 Å². The van der Waals surface area contributed by atoms with Crippen LogP contribution in [0.3, 0.4) is 0 Å². The lowest BCUT2D eigenvalue weighted by Crippen LogP contribution is -2.46. The second kappa shape index (κ2) is 7.64. The summed E-state index contributed by atoms with van der Waals surface area (Å²) in [6, 6.07) is 0. The summed E-state index contributed by atoms with van der Waals surface area (Å²) >= 11 is 0. The van der Waals surface area contributed by atoms with E-state index in [4.69, 9.17) is 4.74 Å². The van der Waals surface area contributed by atoms with E-state index < -0.39 is 5.60 Å². The fraction of sp³-hybridized carbons (Fsp3) is 0.941. The second-order valence-electron chi connectivity index (χ2n) is 7.86. The van der Waals surface area contributed by atoms with Crippen molar-refractivity contribution in [2.75, 3.05) is 39.3 Å². The van der Waals surface area contributed by atoms with E-state index in [1.165, 1.54) is 6.42 Å². The monoisotopic (exact) mass is 312 g/mol. The Balaban J connectivity index is 1.77. The van der Waals surface area contributed by atoms with Crippen molar-refractivity contribution in [1.82, 2.24) is 9.80 Å². The number of ether oxygens (including phenoxy) is 1. The Hall–Kier alpha value is -0.810. The Morgan fingerprint density at radius 2 is 1.82 bits per heavy atom. The van der Waals surface area contributed by atoms with Crippen molar-refractivity contribution in [2.45, 2.75) is 52.1 Å². The zero-order valence-corrected chi connectivity index (χ0v) is 14.4. The van der Waals surface area contributed by atoms with Crippen LogP contribution in [0.25, 0.3) is 0 Å². The first-order valence-corrected chi connectivity index (χ1v) is 8.68. The zero-order valence-electron chi connectivity index (χ0n) is 14.4. The Morgan fingerprint density at radius 1 is 1.14 bits per heavy atom. The molecule has 0 aliphatic carbocycles. The molecule has 2 aliphatic heterocycles. The molecule has 2 heterocycles. The van der Waals surface area contributed by atoms with Gasteiger partial charge in [-0.05, 0) is 71.4 Å². The van der Waals surface area contributed by atoms with Crippen LogP contribution in [0.15, 0.2) is 0 Å². The van der Waals surface area contributed by atoms with Crippen LogP contribution in [-0.4, -0.2) is 65.9 Å². The number of likely N-dealkylation sites (tertiary alicyclic amines) is 2. The van der Waals surface area contributed by atoms with Gasteiger partial charge in [0.25, 0.3) is 0 Å². The van der Waals surface area contributed by atoms with Crippen LogP contribution in [0.2, 0.25) is 0 Å². The summed E-state index contributed by atoms with van der Waals surface area (Å²) in [6.45, 7) is 10.9. The topological polar surface area (TPSA) is 53.0 Å². The molecule has 0 saturated carbocycles. The predicted octanol–water partition coefficient (Wildman–Crippen LogP) is 2.34. The van der Waals surface area contributed by atoms with Gasteiger partial charge in [0.2, 0.25) is 0 Å². The fourth-order valence-corrected chi connectivity index (χ4v) is 3.42. The molecule has 2 aliphatic rings. The highest BCUT2D eigenvalue weighted by molar-refractivity contribution is 5.68. The maximum Gasteiger partial charge on any atom is 0.410 e. The largest absolute Gasteiger partial charge is 0.444 e. The number of rotatable bonds is 3. The van der Waals surface area contributed by atoms with Crippen molar-refractivity contribution >= 4 is 6.09 Å². The molecule has 2 saturated heterocycles. The van der Waals surface area contributed by atoms with Gasteiger partial charge in [-0.15, -0.1) is 0 Å². The summed E-state index contributed by atoms with van der Waals surface area (Å²) in [5.41, 5.74) is -0.420. The van der Waals surface area contributed by atoms with E-state index in [0.717, 1.165) is 52.0 Å². The van der Waals surface area contributed by atoms with Crippen molar-refractivity contribution in [3.8, 4) is 0 Å². The maximum atomic E-state index is 12.2. The van der Waals surface area contributed by atoms with Gasteiger partial charge in [0.15, 0.2) is 0 Å². The maximum absolute atomic E-state index is 12.2. The van der Waals surface area contributed by atoms with Gasteiger partial charge in [-0.3, -0.25) is 0 Å². The van der Waals surface area contributed by atoms with E-state index in [9.17, 15) is 9.90 Å². The molecular weight excluding hydrogens is 280 g/mol. The summed E-state index contributed by atoms with van der Waals surface area (Å²) < 4.78 is 5.49. The van der Waals surface area contributed by atoms with E-state index in [0.29, 0.717) is 18.4 Å². The Labute approximate surface area is 134 Å². The molecule has 5 nitrogen and oxygen atoms in total.